The number of rotatable bonds is 6. The smallest absolute Gasteiger partial charge is 0.123 e. The van der Waals surface area contributed by atoms with Gasteiger partial charge in [-0.25, -0.2) is 9.38 Å². The molecule has 2 aromatic rings. The van der Waals surface area contributed by atoms with Crippen LogP contribution in [-0.2, 0) is 0 Å². The first-order valence-electron chi connectivity index (χ1n) is 11.3. The molecule has 1 unspecified atom stereocenters. The Bertz CT molecular complexity index is 991. The summed E-state index contributed by atoms with van der Waals surface area (Å²) in [7, 11) is 0. The molecule has 1 fully saturated rings. The molecule has 2 aromatic carbocycles. The SMILES string of the molecule is CCNC(C[C@H]1CCC2=CC(=Nc3ccc(F)cc3)C(=CN)C[C@@]21C)c1ccccc1. The molecule has 0 heterocycles. The second kappa shape index (κ2) is 9.19. The lowest BCUT2D eigenvalue weighted by Gasteiger charge is -2.39. The predicted octanol–water partition coefficient (Wildman–Crippen LogP) is 6.23. The van der Waals surface area contributed by atoms with Crippen molar-refractivity contribution in [3.8, 4) is 0 Å². The third-order valence-corrected chi connectivity index (χ3v) is 7.04. The van der Waals surface area contributed by atoms with Gasteiger partial charge in [0.15, 0.2) is 0 Å². The van der Waals surface area contributed by atoms with Crippen molar-refractivity contribution in [3.63, 3.8) is 0 Å². The number of nitrogens with one attached hydrogen (secondary N) is 1. The van der Waals surface area contributed by atoms with Gasteiger partial charge in [0, 0.05) is 6.04 Å². The number of aliphatic imine (C=N–C) groups is 1. The van der Waals surface area contributed by atoms with Gasteiger partial charge in [0.1, 0.15) is 5.82 Å². The maximum atomic E-state index is 13.3. The van der Waals surface area contributed by atoms with Crippen LogP contribution in [-0.4, -0.2) is 12.3 Å². The van der Waals surface area contributed by atoms with Crippen LogP contribution in [0.3, 0.4) is 0 Å². The Labute approximate surface area is 185 Å². The Hall–Kier alpha value is -2.72. The zero-order valence-corrected chi connectivity index (χ0v) is 18.4. The molecule has 2 aliphatic rings. The second-order valence-electron chi connectivity index (χ2n) is 8.92. The molecule has 1 saturated carbocycles. The number of fused-ring (bicyclic) bond motifs is 1. The van der Waals surface area contributed by atoms with E-state index in [1.807, 2.05) is 0 Å². The predicted molar refractivity (Wildman–Crippen MR) is 127 cm³/mol. The minimum Gasteiger partial charge on any atom is -0.404 e. The van der Waals surface area contributed by atoms with E-state index in [0.29, 0.717) is 12.0 Å². The Morgan fingerprint density at radius 3 is 2.61 bits per heavy atom. The van der Waals surface area contributed by atoms with Gasteiger partial charge in [0.05, 0.1) is 11.4 Å². The van der Waals surface area contributed by atoms with Crippen molar-refractivity contribution in [3.05, 3.63) is 89.4 Å². The molecule has 3 atom stereocenters. The second-order valence-corrected chi connectivity index (χ2v) is 8.92. The van der Waals surface area contributed by atoms with Crippen molar-refractivity contribution in [2.45, 2.75) is 45.6 Å². The van der Waals surface area contributed by atoms with Crippen molar-refractivity contribution in [2.75, 3.05) is 6.54 Å². The van der Waals surface area contributed by atoms with Crippen LogP contribution in [0.2, 0.25) is 0 Å². The molecule has 0 saturated heterocycles. The summed E-state index contributed by atoms with van der Waals surface area (Å²) < 4.78 is 13.3. The summed E-state index contributed by atoms with van der Waals surface area (Å²) in [5.41, 5.74) is 11.7. The van der Waals surface area contributed by atoms with Crippen LogP contribution in [0.1, 0.15) is 51.1 Å². The average Bonchev–Trinajstić information content (AvgIpc) is 3.10. The lowest BCUT2D eigenvalue weighted by atomic mass is 9.67. The summed E-state index contributed by atoms with van der Waals surface area (Å²) in [4.78, 5) is 4.78. The van der Waals surface area contributed by atoms with Crippen LogP contribution < -0.4 is 11.1 Å². The van der Waals surface area contributed by atoms with Crippen molar-refractivity contribution in [1.82, 2.24) is 5.32 Å². The fourth-order valence-corrected chi connectivity index (χ4v) is 5.27. The van der Waals surface area contributed by atoms with Crippen molar-refractivity contribution in [2.24, 2.45) is 22.1 Å². The van der Waals surface area contributed by atoms with Gasteiger partial charge < -0.3 is 11.1 Å². The Morgan fingerprint density at radius 1 is 1.19 bits per heavy atom. The minimum atomic E-state index is -0.250. The van der Waals surface area contributed by atoms with Gasteiger partial charge >= 0.3 is 0 Å². The van der Waals surface area contributed by atoms with E-state index in [4.69, 9.17) is 10.7 Å². The quantitative estimate of drug-likeness (QED) is 0.585. The summed E-state index contributed by atoms with van der Waals surface area (Å²) in [5.74, 6) is 0.325. The third kappa shape index (κ3) is 4.49. The number of halogens is 1. The zero-order chi connectivity index (χ0) is 21.8. The van der Waals surface area contributed by atoms with Crippen LogP contribution in [0, 0.1) is 17.2 Å². The fourth-order valence-electron chi connectivity index (χ4n) is 5.27. The number of allylic oxidation sites excluding steroid dienone is 3. The summed E-state index contributed by atoms with van der Waals surface area (Å²) in [5, 5.41) is 3.70. The summed E-state index contributed by atoms with van der Waals surface area (Å²) in [6.45, 7) is 5.52. The minimum absolute atomic E-state index is 0.0927. The van der Waals surface area contributed by atoms with E-state index in [1.165, 1.54) is 29.7 Å². The van der Waals surface area contributed by atoms with Crippen LogP contribution in [0.4, 0.5) is 10.1 Å². The molecule has 0 aromatic heterocycles. The maximum Gasteiger partial charge on any atom is 0.123 e. The normalized spacial score (nSPS) is 26.7. The number of nitrogens with two attached hydrogens (primary N) is 1. The van der Waals surface area contributed by atoms with Crippen molar-refractivity contribution in [1.29, 1.82) is 0 Å². The Balaban J connectivity index is 1.61. The molecule has 0 bridgehead atoms. The molecule has 4 heteroatoms. The van der Waals surface area contributed by atoms with E-state index in [1.54, 1.807) is 18.3 Å². The summed E-state index contributed by atoms with van der Waals surface area (Å²) >= 11 is 0. The molecule has 3 N–H and O–H groups in total. The van der Waals surface area contributed by atoms with Gasteiger partial charge in [-0.2, -0.15) is 0 Å². The number of benzene rings is 2. The van der Waals surface area contributed by atoms with E-state index in [2.05, 4.69) is 55.6 Å². The average molecular weight is 418 g/mol. The van der Waals surface area contributed by atoms with Crippen LogP contribution in [0.15, 0.2) is 83.0 Å². The maximum absolute atomic E-state index is 13.3. The lowest BCUT2D eigenvalue weighted by Crippen LogP contribution is -2.33. The molecule has 0 amide bonds. The molecule has 3 nitrogen and oxygen atoms in total. The van der Waals surface area contributed by atoms with Crippen LogP contribution in [0.25, 0.3) is 0 Å². The highest BCUT2D eigenvalue weighted by Gasteiger charge is 2.46. The van der Waals surface area contributed by atoms with Gasteiger partial charge in [-0.3, -0.25) is 0 Å². The molecule has 0 spiro atoms. The lowest BCUT2D eigenvalue weighted by molar-refractivity contribution is 0.233. The molecular formula is C27H32FN3. The first-order valence-corrected chi connectivity index (χ1v) is 11.3. The van der Waals surface area contributed by atoms with Crippen molar-refractivity contribution >= 4 is 11.4 Å². The van der Waals surface area contributed by atoms with Gasteiger partial charge in [-0.15, -0.1) is 0 Å². The highest BCUT2D eigenvalue weighted by Crippen LogP contribution is 2.56. The van der Waals surface area contributed by atoms with Crippen LogP contribution >= 0.6 is 0 Å². The van der Waals surface area contributed by atoms with Gasteiger partial charge in [-0.05, 0) is 91.2 Å². The molecule has 0 radical (unpaired) electrons. The standard InChI is InChI=1S/C27H32FN3/c1-3-30-25(19-7-5-4-6-8-19)15-21-9-10-22-16-26(20(18-29)17-27(21,22)2)31-24-13-11-23(28)12-14-24/h4-8,11-14,16,18,21,25,30H,3,9-10,15,17,29H2,1-2H3/t21-,25?,27-/m1/s1. The van der Waals surface area contributed by atoms with Crippen molar-refractivity contribution < 1.29 is 4.39 Å². The topological polar surface area (TPSA) is 50.4 Å². The molecular weight excluding hydrogens is 385 g/mol. The highest BCUT2D eigenvalue weighted by molar-refractivity contribution is 6.11. The molecule has 4 rings (SSSR count). The highest BCUT2D eigenvalue weighted by atomic mass is 19.1. The van der Waals surface area contributed by atoms with Gasteiger partial charge in [-0.1, -0.05) is 49.8 Å². The summed E-state index contributed by atoms with van der Waals surface area (Å²) in [6, 6.07) is 17.4. The Morgan fingerprint density at radius 2 is 1.94 bits per heavy atom. The summed E-state index contributed by atoms with van der Waals surface area (Å²) in [6.07, 6.45) is 8.21. The Kier molecular flexibility index (Phi) is 6.38. The van der Waals surface area contributed by atoms with E-state index >= 15 is 0 Å². The largest absolute Gasteiger partial charge is 0.404 e. The first-order chi connectivity index (χ1) is 15.0. The first kappa shape index (κ1) is 21.5. The van der Waals surface area contributed by atoms with Gasteiger partial charge in [0.2, 0.25) is 0 Å². The van der Waals surface area contributed by atoms with E-state index in [0.717, 1.165) is 42.8 Å². The molecule has 0 aliphatic heterocycles. The van der Waals surface area contributed by atoms with Crippen LogP contribution in [0.5, 0.6) is 0 Å². The molecule has 31 heavy (non-hydrogen) atoms. The van der Waals surface area contributed by atoms with E-state index in [9.17, 15) is 4.39 Å². The monoisotopic (exact) mass is 417 g/mol. The third-order valence-electron chi connectivity index (χ3n) is 7.04. The number of hydrogen-bond donors (Lipinski definition) is 2. The molecule has 162 valence electrons. The molecule has 2 aliphatic carbocycles. The fraction of sp³-hybridized carbons (Fsp3) is 0.370. The van der Waals surface area contributed by atoms with E-state index in [-0.39, 0.29) is 11.2 Å². The number of hydrogen-bond acceptors (Lipinski definition) is 3. The zero-order valence-electron chi connectivity index (χ0n) is 18.4. The van der Waals surface area contributed by atoms with Gasteiger partial charge in [0.25, 0.3) is 0 Å². The van der Waals surface area contributed by atoms with E-state index < -0.39 is 0 Å². The number of nitrogens with zero attached hydrogens (tertiary/aromatic N) is 1.